The Morgan fingerprint density at radius 2 is 2.14 bits per heavy atom. The molecule has 5 nitrogen and oxygen atoms in total. The number of anilines is 1. The minimum Gasteiger partial charge on any atom is -0.495 e. The van der Waals surface area contributed by atoms with Gasteiger partial charge in [-0.05, 0) is 49.1 Å². The molecule has 5 rings (SSSR count). The second-order valence-electron chi connectivity index (χ2n) is 7.13. The van der Waals surface area contributed by atoms with E-state index in [1.54, 1.807) is 6.07 Å². The molecule has 144 valence electrons. The number of benzene rings is 2. The molecule has 8 heteroatoms. The number of fused-ring (bicyclic) bond motifs is 4. The first-order valence-corrected chi connectivity index (χ1v) is 10.8. The van der Waals surface area contributed by atoms with Crippen LogP contribution in [0.3, 0.4) is 0 Å². The molecular weight excluding hydrogens is 447 g/mol. The smallest absolute Gasteiger partial charge is 0.185 e. The van der Waals surface area contributed by atoms with Gasteiger partial charge in [0.15, 0.2) is 22.6 Å². The predicted octanol–water partition coefficient (Wildman–Crippen LogP) is 4.97. The minimum atomic E-state index is -1.88. The van der Waals surface area contributed by atoms with Gasteiger partial charge in [0.1, 0.15) is 16.5 Å². The van der Waals surface area contributed by atoms with Gasteiger partial charge in [0.25, 0.3) is 0 Å². The fraction of sp³-hybridized carbons (Fsp3) is 0.250. The van der Waals surface area contributed by atoms with Crippen LogP contribution in [0.25, 0.3) is 11.3 Å². The molecule has 1 heterocycles. The van der Waals surface area contributed by atoms with Crippen LogP contribution >= 0.6 is 15.9 Å². The lowest BCUT2D eigenvalue weighted by atomic mass is 9.79. The fourth-order valence-electron chi connectivity index (χ4n) is 3.93. The van der Waals surface area contributed by atoms with Crippen molar-refractivity contribution in [2.45, 2.75) is 29.6 Å². The molecule has 2 aliphatic carbocycles. The van der Waals surface area contributed by atoms with Crippen molar-refractivity contribution in [2.24, 2.45) is 0 Å². The molecule has 1 spiro atoms. The first kappa shape index (κ1) is 17.9. The van der Waals surface area contributed by atoms with Crippen molar-refractivity contribution < 1.29 is 17.9 Å². The van der Waals surface area contributed by atoms with Gasteiger partial charge >= 0.3 is 0 Å². The second-order valence-corrected chi connectivity index (χ2v) is 9.19. The van der Waals surface area contributed by atoms with Crippen molar-refractivity contribution >= 4 is 32.7 Å². The molecule has 1 aromatic heterocycles. The predicted molar refractivity (Wildman–Crippen MR) is 107 cm³/mol. The van der Waals surface area contributed by atoms with E-state index in [0.717, 1.165) is 34.9 Å². The molecule has 0 saturated heterocycles. The van der Waals surface area contributed by atoms with Crippen molar-refractivity contribution in [2.75, 3.05) is 11.8 Å². The average molecular weight is 463 g/mol. The molecule has 3 aromatic rings. The van der Waals surface area contributed by atoms with E-state index < -0.39 is 16.8 Å². The van der Waals surface area contributed by atoms with Crippen LogP contribution in [0.15, 0.2) is 50.3 Å². The SMILES string of the molecule is COc1cccc(F)c1S(=O)Nc1noc2c1CC1(CC1)c1ccc(Br)cc1-2. The van der Waals surface area contributed by atoms with Crippen LogP contribution in [0.2, 0.25) is 0 Å². The van der Waals surface area contributed by atoms with Crippen LogP contribution in [-0.4, -0.2) is 16.5 Å². The third-order valence-electron chi connectivity index (χ3n) is 5.48. The van der Waals surface area contributed by atoms with Crippen molar-refractivity contribution in [1.82, 2.24) is 5.16 Å². The van der Waals surface area contributed by atoms with Crippen LogP contribution < -0.4 is 9.46 Å². The summed E-state index contributed by atoms with van der Waals surface area (Å²) in [7, 11) is -0.466. The molecule has 0 bridgehead atoms. The van der Waals surface area contributed by atoms with E-state index in [4.69, 9.17) is 9.26 Å². The van der Waals surface area contributed by atoms with Gasteiger partial charge in [0.2, 0.25) is 0 Å². The molecule has 1 atom stereocenters. The number of methoxy groups -OCH3 is 1. The van der Waals surface area contributed by atoms with Gasteiger partial charge in [0.05, 0.1) is 7.11 Å². The van der Waals surface area contributed by atoms with Crippen LogP contribution in [-0.2, 0) is 22.8 Å². The quantitative estimate of drug-likeness (QED) is 0.593. The Balaban J connectivity index is 1.55. The van der Waals surface area contributed by atoms with Crippen LogP contribution in [0, 0.1) is 5.82 Å². The number of nitrogens with one attached hydrogen (secondary N) is 1. The Morgan fingerprint density at radius 3 is 2.89 bits per heavy atom. The van der Waals surface area contributed by atoms with Gasteiger partial charge in [-0.3, -0.25) is 4.72 Å². The summed E-state index contributed by atoms with van der Waals surface area (Å²) in [6.45, 7) is 0. The highest BCUT2D eigenvalue weighted by molar-refractivity contribution is 9.10. The Morgan fingerprint density at radius 1 is 1.32 bits per heavy atom. The molecule has 1 N–H and O–H groups in total. The zero-order valence-corrected chi connectivity index (χ0v) is 17.3. The largest absolute Gasteiger partial charge is 0.495 e. The standard InChI is InChI=1S/C20H16BrFN2O3S/c1-26-16-4-2-3-15(22)18(16)28(25)24-19-13-10-20(7-8-20)14-6-5-11(21)9-12(14)17(13)27-23-19/h2-6,9H,7-8,10H2,1H3,(H,23,24). The summed E-state index contributed by atoms with van der Waals surface area (Å²) < 4.78 is 41.7. The van der Waals surface area contributed by atoms with Crippen LogP contribution in [0.4, 0.5) is 10.2 Å². The summed E-state index contributed by atoms with van der Waals surface area (Å²) in [6, 6.07) is 10.5. The van der Waals surface area contributed by atoms with E-state index >= 15 is 0 Å². The number of halogens is 2. The Bertz CT molecular complexity index is 1130. The molecule has 1 unspecified atom stereocenters. The van der Waals surface area contributed by atoms with Crippen LogP contribution in [0.5, 0.6) is 5.75 Å². The number of hydrogen-bond acceptors (Lipinski definition) is 4. The summed E-state index contributed by atoms with van der Waals surface area (Å²) in [4.78, 5) is -0.0400. The summed E-state index contributed by atoms with van der Waals surface area (Å²) in [5, 5.41) is 4.11. The molecular formula is C20H16BrFN2O3S. The van der Waals surface area contributed by atoms with Gasteiger partial charge < -0.3 is 9.26 Å². The molecule has 1 saturated carbocycles. The van der Waals surface area contributed by atoms with Crippen molar-refractivity contribution in [1.29, 1.82) is 0 Å². The van der Waals surface area contributed by atoms with Gasteiger partial charge in [-0.1, -0.05) is 33.2 Å². The third kappa shape index (κ3) is 2.69. The highest BCUT2D eigenvalue weighted by Gasteiger charge is 2.50. The van der Waals surface area contributed by atoms with Crippen molar-refractivity contribution in [3.63, 3.8) is 0 Å². The number of ether oxygens (including phenoxy) is 1. The van der Waals surface area contributed by atoms with E-state index in [9.17, 15) is 8.60 Å². The molecule has 2 aliphatic rings. The molecule has 1 fully saturated rings. The topological polar surface area (TPSA) is 64.4 Å². The summed E-state index contributed by atoms with van der Waals surface area (Å²) in [5.74, 6) is 0.677. The van der Waals surface area contributed by atoms with E-state index in [2.05, 4.69) is 31.9 Å². The lowest BCUT2D eigenvalue weighted by Gasteiger charge is -2.24. The Labute approximate surface area is 172 Å². The van der Waals surface area contributed by atoms with Crippen molar-refractivity contribution in [3.05, 3.63) is 57.8 Å². The Hall–Kier alpha value is -2.19. The summed E-state index contributed by atoms with van der Waals surface area (Å²) in [6.07, 6.45) is 2.94. The summed E-state index contributed by atoms with van der Waals surface area (Å²) >= 11 is 3.52. The first-order chi connectivity index (χ1) is 13.5. The van der Waals surface area contributed by atoms with E-state index in [1.165, 1.54) is 24.8 Å². The molecule has 28 heavy (non-hydrogen) atoms. The molecule has 0 radical (unpaired) electrons. The number of hydrogen-bond donors (Lipinski definition) is 1. The maximum Gasteiger partial charge on any atom is 0.185 e. The van der Waals surface area contributed by atoms with E-state index in [1.807, 2.05) is 12.1 Å². The maximum absolute atomic E-state index is 14.3. The Kier molecular flexibility index (Phi) is 4.10. The normalized spacial score (nSPS) is 17.0. The van der Waals surface area contributed by atoms with E-state index in [0.29, 0.717) is 11.6 Å². The van der Waals surface area contributed by atoms with Gasteiger partial charge in [-0.2, -0.15) is 0 Å². The maximum atomic E-state index is 14.3. The lowest BCUT2D eigenvalue weighted by molar-refractivity contribution is 0.396. The van der Waals surface area contributed by atoms with E-state index in [-0.39, 0.29) is 16.1 Å². The highest BCUT2D eigenvalue weighted by atomic mass is 79.9. The monoisotopic (exact) mass is 462 g/mol. The average Bonchev–Trinajstić information content (AvgIpc) is 3.34. The zero-order chi connectivity index (χ0) is 19.5. The van der Waals surface area contributed by atoms with Crippen molar-refractivity contribution in [3.8, 4) is 17.1 Å². The van der Waals surface area contributed by atoms with Crippen LogP contribution in [0.1, 0.15) is 24.0 Å². The number of nitrogens with zero attached hydrogens (tertiary/aromatic N) is 1. The first-order valence-electron chi connectivity index (χ1n) is 8.82. The zero-order valence-electron chi connectivity index (χ0n) is 14.9. The molecule has 0 amide bonds. The van der Waals surface area contributed by atoms with Gasteiger partial charge in [0, 0.05) is 21.0 Å². The number of aromatic nitrogens is 1. The molecule has 2 aromatic carbocycles. The second kappa shape index (κ2) is 6.42. The summed E-state index contributed by atoms with van der Waals surface area (Å²) in [5.41, 5.74) is 3.24. The fourth-order valence-corrected chi connectivity index (χ4v) is 5.31. The molecule has 0 aliphatic heterocycles. The lowest BCUT2D eigenvalue weighted by Crippen LogP contribution is -2.18. The highest BCUT2D eigenvalue weighted by Crippen LogP contribution is 2.58. The van der Waals surface area contributed by atoms with Gasteiger partial charge in [-0.25, -0.2) is 8.60 Å². The number of rotatable bonds is 4. The third-order valence-corrected chi connectivity index (χ3v) is 7.12. The van der Waals surface area contributed by atoms with Gasteiger partial charge in [-0.15, -0.1) is 0 Å². The minimum absolute atomic E-state index is 0.0400.